The number of benzene rings is 1. The van der Waals surface area contributed by atoms with Crippen molar-refractivity contribution in [1.29, 1.82) is 0 Å². The Morgan fingerprint density at radius 1 is 1.05 bits per heavy atom. The SMILES string of the molecule is CC(C)(CNc1ccc(C(F)(F)F)cc1)c1cccs1. The number of rotatable bonds is 4. The quantitative estimate of drug-likeness (QED) is 0.822. The van der Waals surface area contributed by atoms with E-state index in [1.807, 2.05) is 11.4 Å². The van der Waals surface area contributed by atoms with Gasteiger partial charge in [0.25, 0.3) is 0 Å². The van der Waals surface area contributed by atoms with Gasteiger partial charge in [0.15, 0.2) is 0 Å². The normalized spacial score (nSPS) is 12.4. The van der Waals surface area contributed by atoms with Crippen molar-refractivity contribution < 1.29 is 13.2 Å². The molecular formula is C15H16F3NS. The minimum Gasteiger partial charge on any atom is -0.384 e. The fourth-order valence-corrected chi connectivity index (χ4v) is 2.70. The standard InChI is InChI=1S/C15H16F3NS/c1-14(2,13-4-3-9-20-13)10-19-12-7-5-11(6-8-12)15(16,17)18/h3-9,19H,10H2,1-2H3. The van der Waals surface area contributed by atoms with Crippen molar-refractivity contribution in [3.8, 4) is 0 Å². The van der Waals surface area contributed by atoms with Gasteiger partial charge in [0, 0.05) is 22.5 Å². The predicted octanol–water partition coefficient (Wildman–Crippen LogP) is 5.16. The Hall–Kier alpha value is -1.49. The Morgan fingerprint density at radius 2 is 1.70 bits per heavy atom. The zero-order valence-corrected chi connectivity index (χ0v) is 12.1. The molecule has 1 aromatic heterocycles. The number of thiophene rings is 1. The van der Waals surface area contributed by atoms with Crippen LogP contribution in [0.15, 0.2) is 41.8 Å². The lowest BCUT2D eigenvalue weighted by Crippen LogP contribution is -2.26. The molecular weight excluding hydrogens is 283 g/mol. The van der Waals surface area contributed by atoms with E-state index in [0.717, 1.165) is 12.1 Å². The lowest BCUT2D eigenvalue weighted by Gasteiger charge is -2.24. The summed E-state index contributed by atoms with van der Waals surface area (Å²) < 4.78 is 37.4. The monoisotopic (exact) mass is 299 g/mol. The fraction of sp³-hybridized carbons (Fsp3) is 0.333. The van der Waals surface area contributed by atoms with Crippen LogP contribution in [0.4, 0.5) is 18.9 Å². The lowest BCUT2D eigenvalue weighted by atomic mass is 9.91. The first-order valence-electron chi connectivity index (χ1n) is 6.24. The van der Waals surface area contributed by atoms with Gasteiger partial charge in [0.2, 0.25) is 0 Å². The average molecular weight is 299 g/mol. The summed E-state index contributed by atoms with van der Waals surface area (Å²) in [7, 11) is 0. The molecule has 1 nitrogen and oxygen atoms in total. The molecule has 0 saturated heterocycles. The first kappa shape index (κ1) is 14.9. The average Bonchev–Trinajstić information content (AvgIpc) is 2.90. The second-order valence-corrected chi connectivity index (χ2v) is 6.24. The van der Waals surface area contributed by atoms with E-state index in [0.29, 0.717) is 12.2 Å². The number of hydrogen-bond acceptors (Lipinski definition) is 2. The van der Waals surface area contributed by atoms with Crippen LogP contribution in [-0.2, 0) is 11.6 Å². The van der Waals surface area contributed by atoms with Gasteiger partial charge in [0.05, 0.1) is 5.56 Å². The van der Waals surface area contributed by atoms with Crippen LogP contribution in [0.2, 0.25) is 0 Å². The molecule has 0 spiro atoms. The van der Waals surface area contributed by atoms with Crippen LogP contribution in [0.3, 0.4) is 0 Å². The first-order valence-corrected chi connectivity index (χ1v) is 7.12. The Kier molecular flexibility index (Phi) is 4.09. The third-order valence-corrected chi connectivity index (χ3v) is 4.37. The highest BCUT2D eigenvalue weighted by atomic mass is 32.1. The summed E-state index contributed by atoms with van der Waals surface area (Å²) in [6.07, 6.45) is -4.28. The third kappa shape index (κ3) is 3.54. The van der Waals surface area contributed by atoms with Crippen LogP contribution >= 0.6 is 11.3 Å². The minimum atomic E-state index is -4.28. The van der Waals surface area contributed by atoms with E-state index in [1.54, 1.807) is 11.3 Å². The molecule has 0 aliphatic rings. The second kappa shape index (κ2) is 5.48. The predicted molar refractivity (Wildman–Crippen MR) is 77.3 cm³/mol. The van der Waals surface area contributed by atoms with Gasteiger partial charge in [-0.05, 0) is 35.7 Å². The highest BCUT2D eigenvalue weighted by molar-refractivity contribution is 7.10. The van der Waals surface area contributed by atoms with Gasteiger partial charge in [-0.15, -0.1) is 11.3 Å². The van der Waals surface area contributed by atoms with E-state index in [9.17, 15) is 13.2 Å². The zero-order chi connectivity index (χ0) is 14.8. The number of halogens is 3. The van der Waals surface area contributed by atoms with Crippen molar-refractivity contribution in [3.63, 3.8) is 0 Å². The van der Waals surface area contributed by atoms with Crippen LogP contribution in [0.1, 0.15) is 24.3 Å². The molecule has 0 unspecified atom stereocenters. The maximum Gasteiger partial charge on any atom is 0.416 e. The molecule has 0 saturated carbocycles. The number of anilines is 1. The Balaban J connectivity index is 2.01. The van der Waals surface area contributed by atoms with Crippen molar-refractivity contribution in [2.75, 3.05) is 11.9 Å². The second-order valence-electron chi connectivity index (χ2n) is 5.29. The Morgan fingerprint density at radius 3 is 2.20 bits per heavy atom. The molecule has 5 heteroatoms. The van der Waals surface area contributed by atoms with Gasteiger partial charge < -0.3 is 5.32 Å². The molecule has 0 fully saturated rings. The molecule has 0 radical (unpaired) electrons. The van der Waals surface area contributed by atoms with Gasteiger partial charge in [-0.2, -0.15) is 13.2 Å². The third-order valence-electron chi connectivity index (χ3n) is 3.13. The van der Waals surface area contributed by atoms with Crippen molar-refractivity contribution >= 4 is 17.0 Å². The summed E-state index contributed by atoms with van der Waals surface area (Å²) in [4.78, 5) is 1.25. The van der Waals surface area contributed by atoms with Gasteiger partial charge in [-0.25, -0.2) is 0 Å². The zero-order valence-electron chi connectivity index (χ0n) is 11.3. The Labute approximate surface area is 120 Å². The maximum absolute atomic E-state index is 12.5. The van der Waals surface area contributed by atoms with Crippen molar-refractivity contribution in [3.05, 3.63) is 52.2 Å². The molecule has 1 aromatic carbocycles. The number of nitrogens with one attached hydrogen (secondary N) is 1. The van der Waals surface area contributed by atoms with Crippen LogP contribution in [-0.4, -0.2) is 6.54 Å². The van der Waals surface area contributed by atoms with Crippen molar-refractivity contribution in [2.45, 2.75) is 25.4 Å². The van der Waals surface area contributed by atoms with Gasteiger partial charge in [-0.3, -0.25) is 0 Å². The van der Waals surface area contributed by atoms with E-state index < -0.39 is 11.7 Å². The maximum atomic E-state index is 12.5. The van der Waals surface area contributed by atoms with Gasteiger partial charge in [-0.1, -0.05) is 19.9 Å². The van der Waals surface area contributed by atoms with Crippen LogP contribution in [0, 0.1) is 0 Å². The highest BCUT2D eigenvalue weighted by Gasteiger charge is 2.30. The summed E-state index contributed by atoms with van der Waals surface area (Å²) in [5.41, 5.74) is 0.0137. The van der Waals surface area contributed by atoms with E-state index in [-0.39, 0.29) is 5.41 Å². The minimum absolute atomic E-state index is 0.0587. The molecule has 1 heterocycles. The van der Waals surface area contributed by atoms with Crippen molar-refractivity contribution in [2.24, 2.45) is 0 Å². The largest absolute Gasteiger partial charge is 0.416 e. The smallest absolute Gasteiger partial charge is 0.384 e. The molecule has 0 amide bonds. The van der Waals surface area contributed by atoms with Crippen LogP contribution in [0.25, 0.3) is 0 Å². The molecule has 2 aromatic rings. The molecule has 108 valence electrons. The van der Waals surface area contributed by atoms with Gasteiger partial charge in [0.1, 0.15) is 0 Å². The molecule has 0 aliphatic carbocycles. The molecule has 1 N–H and O–H groups in total. The summed E-state index contributed by atoms with van der Waals surface area (Å²) in [5, 5.41) is 5.21. The van der Waals surface area contributed by atoms with Crippen molar-refractivity contribution in [1.82, 2.24) is 0 Å². The highest BCUT2D eigenvalue weighted by Crippen LogP contribution is 2.31. The van der Waals surface area contributed by atoms with E-state index in [2.05, 4.69) is 25.2 Å². The van der Waals surface area contributed by atoms with Crippen LogP contribution in [0.5, 0.6) is 0 Å². The molecule has 0 atom stereocenters. The topological polar surface area (TPSA) is 12.0 Å². The molecule has 0 aliphatic heterocycles. The van der Waals surface area contributed by atoms with E-state index in [1.165, 1.54) is 17.0 Å². The summed E-state index contributed by atoms with van der Waals surface area (Å²) in [6.45, 7) is 4.88. The first-order chi connectivity index (χ1) is 9.29. The fourth-order valence-electron chi connectivity index (χ4n) is 1.85. The van der Waals surface area contributed by atoms with Crippen LogP contribution < -0.4 is 5.32 Å². The van der Waals surface area contributed by atoms with E-state index >= 15 is 0 Å². The Bertz CT molecular complexity index is 541. The number of hydrogen-bond donors (Lipinski definition) is 1. The summed E-state index contributed by atoms with van der Waals surface area (Å²) in [6, 6.07) is 9.20. The molecule has 2 rings (SSSR count). The molecule has 20 heavy (non-hydrogen) atoms. The lowest BCUT2D eigenvalue weighted by molar-refractivity contribution is -0.137. The van der Waals surface area contributed by atoms with E-state index in [4.69, 9.17) is 0 Å². The summed E-state index contributed by atoms with van der Waals surface area (Å²) in [5.74, 6) is 0. The summed E-state index contributed by atoms with van der Waals surface area (Å²) >= 11 is 1.68. The molecule has 0 bridgehead atoms. The number of alkyl halides is 3. The van der Waals surface area contributed by atoms with Gasteiger partial charge >= 0.3 is 6.18 Å².